The van der Waals surface area contributed by atoms with Gasteiger partial charge in [0.1, 0.15) is 24.6 Å². The second-order valence-corrected chi connectivity index (χ2v) is 5.16. The van der Waals surface area contributed by atoms with Crippen LogP contribution in [0.4, 0.5) is 0 Å². The van der Waals surface area contributed by atoms with E-state index in [1.165, 1.54) is 6.33 Å². The molecule has 1 aromatic rings. The zero-order valence-electron chi connectivity index (χ0n) is 11.4. The predicted molar refractivity (Wildman–Crippen MR) is 68.2 cm³/mol. The molecule has 2 aliphatic heterocycles. The fourth-order valence-electron chi connectivity index (χ4n) is 2.76. The molecule has 3 heterocycles. The van der Waals surface area contributed by atoms with Crippen molar-refractivity contribution in [3.8, 4) is 0 Å². The highest BCUT2D eigenvalue weighted by molar-refractivity contribution is 5.96. The highest BCUT2D eigenvalue weighted by Crippen LogP contribution is 2.27. The molecule has 0 aliphatic carbocycles. The van der Waals surface area contributed by atoms with Crippen LogP contribution in [-0.4, -0.2) is 58.5 Å². The third-order valence-corrected chi connectivity index (χ3v) is 3.80. The topological polar surface area (TPSA) is 93.6 Å². The van der Waals surface area contributed by atoms with Crippen molar-refractivity contribution in [1.29, 1.82) is 0 Å². The molecule has 1 amide bonds. The van der Waals surface area contributed by atoms with Crippen molar-refractivity contribution >= 4 is 5.91 Å². The van der Waals surface area contributed by atoms with Crippen LogP contribution >= 0.6 is 0 Å². The molecule has 0 spiro atoms. The zero-order valence-corrected chi connectivity index (χ0v) is 11.4. The number of amides is 1. The lowest BCUT2D eigenvalue weighted by molar-refractivity contribution is 0.0178. The molecule has 108 valence electrons. The molecule has 0 radical (unpaired) electrons. The van der Waals surface area contributed by atoms with Crippen molar-refractivity contribution in [2.24, 2.45) is 0 Å². The van der Waals surface area contributed by atoms with E-state index < -0.39 is 6.10 Å². The summed E-state index contributed by atoms with van der Waals surface area (Å²) in [6, 6.07) is -0.261. The molecular weight excluding hydrogens is 262 g/mol. The van der Waals surface area contributed by atoms with Gasteiger partial charge in [-0.05, 0) is 13.8 Å². The molecule has 2 fully saturated rings. The van der Waals surface area contributed by atoms with Gasteiger partial charge in [-0.3, -0.25) is 4.79 Å². The standard InChI is InChI=1S/C13H17N3O4/c1-6-10(7(2)15-5-14-6)13(18)16-8-3-19-12-9(17)4-20-11(8)12/h5,8-9,11-12,17H,3-4H2,1-2H3,(H,16,18)/t8-,9-,11-,12-/m1/s1. The Morgan fingerprint density at radius 2 is 1.90 bits per heavy atom. The Kier molecular flexibility index (Phi) is 3.41. The quantitative estimate of drug-likeness (QED) is 0.747. The van der Waals surface area contributed by atoms with E-state index in [2.05, 4.69) is 15.3 Å². The number of rotatable bonds is 2. The monoisotopic (exact) mass is 279 g/mol. The number of aryl methyl sites for hydroxylation is 2. The van der Waals surface area contributed by atoms with Crippen LogP contribution in [0.15, 0.2) is 6.33 Å². The Labute approximate surface area is 116 Å². The second kappa shape index (κ2) is 5.08. The van der Waals surface area contributed by atoms with Crippen molar-refractivity contribution in [3.63, 3.8) is 0 Å². The van der Waals surface area contributed by atoms with Gasteiger partial charge in [0.25, 0.3) is 5.91 Å². The summed E-state index contributed by atoms with van der Waals surface area (Å²) in [6.45, 7) is 4.12. The smallest absolute Gasteiger partial charge is 0.255 e. The molecule has 1 aromatic heterocycles. The van der Waals surface area contributed by atoms with Gasteiger partial charge in [0.2, 0.25) is 0 Å². The van der Waals surface area contributed by atoms with E-state index >= 15 is 0 Å². The summed E-state index contributed by atoms with van der Waals surface area (Å²) in [7, 11) is 0. The minimum absolute atomic E-state index is 0.236. The summed E-state index contributed by atoms with van der Waals surface area (Å²) >= 11 is 0. The number of nitrogens with one attached hydrogen (secondary N) is 1. The van der Waals surface area contributed by atoms with Crippen LogP contribution in [0.25, 0.3) is 0 Å². The first kappa shape index (κ1) is 13.4. The molecule has 0 saturated carbocycles. The first-order chi connectivity index (χ1) is 9.58. The highest BCUT2D eigenvalue weighted by atomic mass is 16.6. The van der Waals surface area contributed by atoms with Gasteiger partial charge in [0.05, 0.1) is 36.2 Å². The van der Waals surface area contributed by atoms with E-state index in [0.717, 1.165) is 0 Å². The number of carbonyl (C=O) groups is 1. The number of nitrogens with zero attached hydrogens (tertiary/aromatic N) is 2. The number of aliphatic hydroxyl groups is 1. The third kappa shape index (κ3) is 2.17. The average molecular weight is 279 g/mol. The van der Waals surface area contributed by atoms with E-state index in [4.69, 9.17) is 9.47 Å². The molecule has 7 heteroatoms. The molecule has 2 aliphatic rings. The molecular formula is C13H17N3O4. The van der Waals surface area contributed by atoms with Crippen molar-refractivity contribution in [2.45, 2.75) is 38.2 Å². The van der Waals surface area contributed by atoms with Gasteiger partial charge in [-0.15, -0.1) is 0 Å². The Bertz CT molecular complexity index is 516. The van der Waals surface area contributed by atoms with Gasteiger partial charge in [-0.2, -0.15) is 0 Å². The lowest BCUT2D eigenvalue weighted by Gasteiger charge is -2.18. The number of carbonyl (C=O) groups excluding carboxylic acids is 1. The highest BCUT2D eigenvalue weighted by Gasteiger charge is 2.47. The van der Waals surface area contributed by atoms with E-state index in [9.17, 15) is 9.90 Å². The van der Waals surface area contributed by atoms with Gasteiger partial charge in [0, 0.05) is 0 Å². The first-order valence-corrected chi connectivity index (χ1v) is 6.58. The normalized spacial score (nSPS) is 32.1. The van der Waals surface area contributed by atoms with Crippen LogP contribution in [-0.2, 0) is 9.47 Å². The van der Waals surface area contributed by atoms with Gasteiger partial charge < -0.3 is 19.9 Å². The SMILES string of the molecule is Cc1ncnc(C)c1C(=O)N[C@@H]1CO[C@H]2[C@@H]1OC[C@H]2O. The fourth-order valence-corrected chi connectivity index (χ4v) is 2.76. The Hall–Kier alpha value is -1.57. The maximum atomic E-state index is 12.3. The maximum absolute atomic E-state index is 12.3. The number of aromatic nitrogens is 2. The molecule has 7 nitrogen and oxygen atoms in total. The summed E-state index contributed by atoms with van der Waals surface area (Å²) < 4.78 is 11.0. The van der Waals surface area contributed by atoms with Gasteiger partial charge in [-0.1, -0.05) is 0 Å². The van der Waals surface area contributed by atoms with Crippen LogP contribution in [0.1, 0.15) is 21.7 Å². The molecule has 0 bridgehead atoms. The second-order valence-electron chi connectivity index (χ2n) is 5.16. The van der Waals surface area contributed by atoms with Crippen LogP contribution < -0.4 is 5.32 Å². The minimum atomic E-state index is -0.620. The van der Waals surface area contributed by atoms with Crippen LogP contribution in [0.5, 0.6) is 0 Å². The lowest BCUT2D eigenvalue weighted by Crippen LogP contribution is -2.44. The minimum Gasteiger partial charge on any atom is -0.388 e. The Morgan fingerprint density at radius 3 is 2.60 bits per heavy atom. The van der Waals surface area contributed by atoms with E-state index in [-0.39, 0.29) is 30.8 Å². The van der Waals surface area contributed by atoms with Gasteiger partial charge in [-0.25, -0.2) is 9.97 Å². The Morgan fingerprint density at radius 1 is 1.25 bits per heavy atom. The number of hydrogen-bond donors (Lipinski definition) is 2. The Balaban J connectivity index is 1.74. The molecule has 3 rings (SSSR count). The molecule has 2 saturated heterocycles. The van der Waals surface area contributed by atoms with E-state index in [1.807, 2.05) is 0 Å². The summed E-state index contributed by atoms with van der Waals surface area (Å²) in [4.78, 5) is 20.4. The van der Waals surface area contributed by atoms with Crippen molar-refractivity contribution in [2.75, 3.05) is 13.2 Å². The fraction of sp³-hybridized carbons (Fsp3) is 0.615. The molecule has 0 aromatic carbocycles. The summed E-state index contributed by atoms with van der Waals surface area (Å²) in [6.07, 6.45) is 0.172. The largest absolute Gasteiger partial charge is 0.388 e. The van der Waals surface area contributed by atoms with Crippen molar-refractivity contribution in [3.05, 3.63) is 23.3 Å². The van der Waals surface area contributed by atoms with Gasteiger partial charge in [0.15, 0.2) is 0 Å². The van der Waals surface area contributed by atoms with Crippen LogP contribution in [0.3, 0.4) is 0 Å². The molecule has 4 atom stereocenters. The average Bonchev–Trinajstić information content (AvgIpc) is 2.94. The summed E-state index contributed by atoms with van der Waals surface area (Å²) in [5.41, 5.74) is 1.75. The van der Waals surface area contributed by atoms with Gasteiger partial charge >= 0.3 is 0 Å². The number of aliphatic hydroxyl groups excluding tert-OH is 1. The van der Waals surface area contributed by atoms with Crippen molar-refractivity contribution in [1.82, 2.24) is 15.3 Å². The zero-order chi connectivity index (χ0) is 14.3. The lowest BCUT2D eigenvalue weighted by atomic mass is 10.1. The number of hydrogen-bond acceptors (Lipinski definition) is 6. The van der Waals surface area contributed by atoms with E-state index in [1.54, 1.807) is 13.8 Å². The first-order valence-electron chi connectivity index (χ1n) is 6.58. The maximum Gasteiger partial charge on any atom is 0.255 e. The molecule has 0 unspecified atom stereocenters. The molecule has 2 N–H and O–H groups in total. The number of fused-ring (bicyclic) bond motifs is 1. The van der Waals surface area contributed by atoms with Crippen LogP contribution in [0, 0.1) is 13.8 Å². The third-order valence-electron chi connectivity index (χ3n) is 3.80. The predicted octanol–water partition coefficient (Wildman–Crippen LogP) is -0.650. The number of ether oxygens (including phenoxy) is 2. The van der Waals surface area contributed by atoms with Crippen LogP contribution in [0.2, 0.25) is 0 Å². The van der Waals surface area contributed by atoms with E-state index in [0.29, 0.717) is 23.6 Å². The molecule has 20 heavy (non-hydrogen) atoms. The van der Waals surface area contributed by atoms with Crippen molar-refractivity contribution < 1.29 is 19.4 Å². The summed E-state index contributed by atoms with van der Waals surface area (Å²) in [5.74, 6) is -0.236. The summed E-state index contributed by atoms with van der Waals surface area (Å²) in [5, 5.41) is 12.6.